The van der Waals surface area contributed by atoms with Gasteiger partial charge in [-0.05, 0) is 44.1 Å². The van der Waals surface area contributed by atoms with Gasteiger partial charge in [0.15, 0.2) is 0 Å². The van der Waals surface area contributed by atoms with Crippen molar-refractivity contribution in [2.75, 3.05) is 45.8 Å². The highest BCUT2D eigenvalue weighted by molar-refractivity contribution is 5.79. The zero-order valence-electron chi connectivity index (χ0n) is 17.9. The lowest BCUT2D eigenvalue weighted by Crippen LogP contribution is -2.50. The summed E-state index contributed by atoms with van der Waals surface area (Å²) in [6.07, 6.45) is 7.50. The van der Waals surface area contributed by atoms with Crippen molar-refractivity contribution in [2.24, 2.45) is 17.8 Å². The maximum absolute atomic E-state index is 13.0. The molecule has 7 heteroatoms. The Balaban J connectivity index is 1.54. The van der Waals surface area contributed by atoms with Crippen LogP contribution in [0.5, 0.6) is 0 Å². The molecule has 1 aliphatic carbocycles. The first-order valence-corrected chi connectivity index (χ1v) is 11.4. The predicted octanol–water partition coefficient (Wildman–Crippen LogP) is 2.06. The van der Waals surface area contributed by atoms with E-state index in [0.29, 0.717) is 19.0 Å². The lowest BCUT2D eigenvalue weighted by molar-refractivity contribution is -0.141. The van der Waals surface area contributed by atoms with E-state index in [1.807, 2.05) is 9.80 Å². The third-order valence-corrected chi connectivity index (χ3v) is 7.23. The molecule has 2 atom stereocenters. The van der Waals surface area contributed by atoms with Crippen LogP contribution in [0.4, 0.5) is 0 Å². The number of hydrogen-bond acceptors (Lipinski definition) is 4. The molecule has 0 bridgehead atoms. The molecule has 3 rings (SSSR count). The van der Waals surface area contributed by atoms with Gasteiger partial charge < -0.3 is 14.9 Å². The van der Waals surface area contributed by atoms with Crippen molar-refractivity contribution < 1.29 is 19.5 Å². The van der Waals surface area contributed by atoms with Crippen molar-refractivity contribution in [3.05, 3.63) is 0 Å². The minimum absolute atomic E-state index is 0.135. The van der Waals surface area contributed by atoms with E-state index >= 15 is 0 Å². The van der Waals surface area contributed by atoms with Gasteiger partial charge in [-0.15, -0.1) is 0 Å². The van der Waals surface area contributed by atoms with E-state index in [4.69, 9.17) is 0 Å². The number of piperazine rings is 1. The number of likely N-dealkylation sites (tertiary alicyclic amines) is 1. The van der Waals surface area contributed by atoms with Gasteiger partial charge in [-0.3, -0.25) is 19.3 Å². The third kappa shape index (κ3) is 6.17. The summed E-state index contributed by atoms with van der Waals surface area (Å²) in [4.78, 5) is 42.1. The summed E-state index contributed by atoms with van der Waals surface area (Å²) in [5.41, 5.74) is 0. The number of carbonyl (C=O) groups is 3. The number of amides is 2. The fourth-order valence-electron chi connectivity index (χ4n) is 5.34. The Hall–Kier alpha value is -1.63. The molecule has 2 saturated heterocycles. The average Bonchev–Trinajstić information content (AvgIpc) is 2.73. The fraction of sp³-hybridized carbons (Fsp3) is 0.864. The second kappa shape index (κ2) is 10.4. The third-order valence-electron chi connectivity index (χ3n) is 7.23. The number of piperidine rings is 1. The van der Waals surface area contributed by atoms with E-state index in [1.165, 1.54) is 6.42 Å². The van der Waals surface area contributed by atoms with Gasteiger partial charge in [-0.2, -0.15) is 0 Å². The summed E-state index contributed by atoms with van der Waals surface area (Å²) in [5.74, 6) is 0.288. The SMILES string of the molecule is CC(=O)N1CCN(CCC2CN(C(=O)C3CCCCC3)CCC2CC(=O)O)CC1. The monoisotopic (exact) mass is 407 g/mol. The van der Waals surface area contributed by atoms with Gasteiger partial charge in [0, 0.05) is 58.5 Å². The highest BCUT2D eigenvalue weighted by Crippen LogP contribution is 2.32. The van der Waals surface area contributed by atoms with Crippen LogP contribution in [0.2, 0.25) is 0 Å². The van der Waals surface area contributed by atoms with E-state index in [0.717, 1.165) is 71.2 Å². The maximum Gasteiger partial charge on any atom is 0.303 e. The topological polar surface area (TPSA) is 81.2 Å². The molecule has 3 aliphatic rings. The number of carbonyl (C=O) groups excluding carboxylic acids is 2. The Morgan fingerprint density at radius 1 is 0.862 bits per heavy atom. The molecule has 1 N–H and O–H groups in total. The molecule has 2 aliphatic heterocycles. The molecule has 0 aromatic heterocycles. The van der Waals surface area contributed by atoms with Gasteiger partial charge >= 0.3 is 5.97 Å². The Kier molecular flexibility index (Phi) is 7.92. The number of aliphatic carboxylic acids is 1. The molecule has 0 spiro atoms. The van der Waals surface area contributed by atoms with Crippen LogP contribution < -0.4 is 0 Å². The Labute approximate surface area is 174 Å². The number of carboxylic acid groups (broad SMARTS) is 1. The Bertz CT molecular complexity index is 583. The van der Waals surface area contributed by atoms with E-state index in [9.17, 15) is 19.5 Å². The molecule has 2 heterocycles. The second-order valence-corrected chi connectivity index (χ2v) is 9.16. The van der Waals surface area contributed by atoms with E-state index < -0.39 is 5.97 Å². The number of carboxylic acids is 1. The average molecular weight is 408 g/mol. The lowest BCUT2D eigenvalue weighted by Gasteiger charge is -2.41. The standard InChI is InChI=1S/C22H37N3O4/c1-17(26)24-13-11-23(12-14-24)9-7-20-16-25(10-8-19(20)15-21(27)28)22(29)18-5-3-2-4-6-18/h18-20H,2-16H2,1H3,(H,27,28). The maximum atomic E-state index is 13.0. The van der Waals surface area contributed by atoms with Crippen LogP contribution in [0, 0.1) is 17.8 Å². The number of hydrogen-bond donors (Lipinski definition) is 1. The number of nitrogens with zero attached hydrogens (tertiary/aromatic N) is 3. The van der Waals surface area contributed by atoms with Crippen LogP contribution >= 0.6 is 0 Å². The highest BCUT2D eigenvalue weighted by Gasteiger charge is 2.35. The summed E-state index contributed by atoms with van der Waals surface area (Å²) < 4.78 is 0. The fourth-order valence-corrected chi connectivity index (χ4v) is 5.34. The molecule has 0 aromatic carbocycles. The van der Waals surface area contributed by atoms with E-state index in [2.05, 4.69) is 4.90 Å². The van der Waals surface area contributed by atoms with Crippen LogP contribution in [-0.2, 0) is 14.4 Å². The lowest BCUT2D eigenvalue weighted by atomic mass is 9.80. The van der Waals surface area contributed by atoms with Crippen molar-refractivity contribution in [3.8, 4) is 0 Å². The smallest absolute Gasteiger partial charge is 0.303 e. The van der Waals surface area contributed by atoms with Gasteiger partial charge in [-0.1, -0.05) is 19.3 Å². The van der Waals surface area contributed by atoms with Crippen LogP contribution in [0.25, 0.3) is 0 Å². The first-order chi connectivity index (χ1) is 13.9. The zero-order chi connectivity index (χ0) is 20.8. The van der Waals surface area contributed by atoms with Crippen molar-refractivity contribution >= 4 is 17.8 Å². The van der Waals surface area contributed by atoms with Crippen LogP contribution in [0.3, 0.4) is 0 Å². The Morgan fingerprint density at radius 3 is 2.17 bits per heavy atom. The van der Waals surface area contributed by atoms with Crippen molar-refractivity contribution in [1.82, 2.24) is 14.7 Å². The molecule has 2 unspecified atom stereocenters. The Morgan fingerprint density at radius 2 is 1.55 bits per heavy atom. The van der Waals surface area contributed by atoms with Gasteiger partial charge in [0.2, 0.25) is 11.8 Å². The molecule has 164 valence electrons. The largest absolute Gasteiger partial charge is 0.481 e. The summed E-state index contributed by atoms with van der Waals surface area (Å²) in [6.45, 7) is 7.24. The molecule has 29 heavy (non-hydrogen) atoms. The number of rotatable bonds is 6. The molecule has 0 aromatic rings. The molecule has 0 radical (unpaired) electrons. The molecule has 7 nitrogen and oxygen atoms in total. The molecule has 1 saturated carbocycles. The zero-order valence-corrected chi connectivity index (χ0v) is 17.9. The van der Waals surface area contributed by atoms with Gasteiger partial charge in [0.25, 0.3) is 0 Å². The van der Waals surface area contributed by atoms with Crippen LogP contribution in [-0.4, -0.2) is 83.4 Å². The van der Waals surface area contributed by atoms with Crippen molar-refractivity contribution in [1.29, 1.82) is 0 Å². The molecule has 2 amide bonds. The molecule has 3 fully saturated rings. The van der Waals surface area contributed by atoms with E-state index in [-0.39, 0.29) is 30.1 Å². The minimum atomic E-state index is -0.734. The first kappa shape index (κ1) is 22.1. The highest BCUT2D eigenvalue weighted by atomic mass is 16.4. The summed E-state index contributed by atoms with van der Waals surface area (Å²) in [5, 5.41) is 9.33. The van der Waals surface area contributed by atoms with Crippen LogP contribution in [0.1, 0.15) is 58.3 Å². The van der Waals surface area contributed by atoms with Gasteiger partial charge in [-0.25, -0.2) is 0 Å². The summed E-state index contributed by atoms with van der Waals surface area (Å²) in [6, 6.07) is 0. The summed E-state index contributed by atoms with van der Waals surface area (Å²) >= 11 is 0. The normalized spacial score (nSPS) is 27.1. The first-order valence-electron chi connectivity index (χ1n) is 11.4. The van der Waals surface area contributed by atoms with Crippen molar-refractivity contribution in [2.45, 2.75) is 58.3 Å². The summed E-state index contributed by atoms with van der Waals surface area (Å²) in [7, 11) is 0. The molecular formula is C22H37N3O4. The van der Waals surface area contributed by atoms with E-state index in [1.54, 1.807) is 6.92 Å². The predicted molar refractivity (Wildman–Crippen MR) is 110 cm³/mol. The minimum Gasteiger partial charge on any atom is -0.481 e. The van der Waals surface area contributed by atoms with Gasteiger partial charge in [0.05, 0.1) is 0 Å². The quantitative estimate of drug-likeness (QED) is 0.729. The van der Waals surface area contributed by atoms with Crippen LogP contribution in [0.15, 0.2) is 0 Å². The van der Waals surface area contributed by atoms with Crippen molar-refractivity contribution in [3.63, 3.8) is 0 Å². The van der Waals surface area contributed by atoms with Gasteiger partial charge in [0.1, 0.15) is 0 Å². The molecular weight excluding hydrogens is 370 g/mol. The second-order valence-electron chi connectivity index (χ2n) is 9.16.